The van der Waals surface area contributed by atoms with E-state index in [-0.39, 0.29) is 5.91 Å². The molecule has 6 nitrogen and oxygen atoms in total. The molecule has 2 heterocycles. The first kappa shape index (κ1) is 19.4. The lowest BCUT2D eigenvalue weighted by molar-refractivity contribution is 0.0945. The second-order valence-electron chi connectivity index (χ2n) is 7.28. The van der Waals surface area contributed by atoms with Crippen molar-refractivity contribution in [2.24, 2.45) is 5.92 Å². The number of amides is 1. The topological polar surface area (TPSA) is 70.2 Å². The Hall–Kier alpha value is -2.34. The monoisotopic (exact) mass is 370 g/mol. The average Bonchev–Trinajstić information content (AvgIpc) is 3.16. The summed E-state index contributed by atoms with van der Waals surface area (Å²) in [7, 11) is 0. The standard InChI is InChI=1S/C21H30N4O2/c1-3-27-18-9-7-17(8-10-18)19-14-20(24-23-19)21(26)22-11-5-13-25-12-4-6-16(2)15-25/h7-10,14,16H,3-6,11-13,15H2,1-2H3,(H,22,26)(H,23,24). The summed E-state index contributed by atoms with van der Waals surface area (Å²) in [4.78, 5) is 14.8. The number of benzene rings is 1. The summed E-state index contributed by atoms with van der Waals surface area (Å²) in [6.07, 6.45) is 3.60. The second kappa shape index (κ2) is 9.55. The van der Waals surface area contributed by atoms with Crippen LogP contribution in [-0.2, 0) is 0 Å². The van der Waals surface area contributed by atoms with Crippen LogP contribution in [0, 0.1) is 5.92 Å². The number of nitrogens with one attached hydrogen (secondary N) is 2. The van der Waals surface area contributed by atoms with Crippen molar-refractivity contribution >= 4 is 5.91 Å². The van der Waals surface area contributed by atoms with Crippen LogP contribution < -0.4 is 10.1 Å². The lowest BCUT2D eigenvalue weighted by Crippen LogP contribution is -2.36. The van der Waals surface area contributed by atoms with Crippen LogP contribution in [0.5, 0.6) is 5.75 Å². The SMILES string of the molecule is CCOc1ccc(-c2cc(C(=O)NCCCN3CCCC(C)C3)[nH]n2)cc1. The molecule has 0 saturated carbocycles. The Morgan fingerprint density at radius 1 is 1.37 bits per heavy atom. The van der Waals surface area contributed by atoms with Crippen LogP contribution in [0.3, 0.4) is 0 Å². The van der Waals surface area contributed by atoms with E-state index >= 15 is 0 Å². The smallest absolute Gasteiger partial charge is 0.269 e. The summed E-state index contributed by atoms with van der Waals surface area (Å²) in [5.74, 6) is 1.52. The number of hydrogen-bond acceptors (Lipinski definition) is 4. The molecule has 2 N–H and O–H groups in total. The Morgan fingerprint density at radius 3 is 2.93 bits per heavy atom. The Labute approximate surface area is 161 Å². The second-order valence-corrected chi connectivity index (χ2v) is 7.28. The van der Waals surface area contributed by atoms with Gasteiger partial charge in [-0.2, -0.15) is 5.10 Å². The molecule has 0 radical (unpaired) electrons. The van der Waals surface area contributed by atoms with Crippen molar-refractivity contribution in [3.63, 3.8) is 0 Å². The molecule has 1 saturated heterocycles. The van der Waals surface area contributed by atoms with Crippen molar-refractivity contribution < 1.29 is 9.53 Å². The van der Waals surface area contributed by atoms with E-state index < -0.39 is 0 Å². The highest BCUT2D eigenvalue weighted by atomic mass is 16.5. The first-order valence-electron chi connectivity index (χ1n) is 9.95. The highest BCUT2D eigenvalue weighted by molar-refractivity contribution is 5.93. The van der Waals surface area contributed by atoms with Crippen LogP contribution >= 0.6 is 0 Å². The zero-order valence-corrected chi connectivity index (χ0v) is 16.3. The van der Waals surface area contributed by atoms with Crippen molar-refractivity contribution in [2.45, 2.75) is 33.1 Å². The highest BCUT2D eigenvalue weighted by Crippen LogP contribution is 2.21. The number of likely N-dealkylation sites (tertiary alicyclic amines) is 1. The summed E-state index contributed by atoms with van der Waals surface area (Å²) in [5, 5.41) is 10.1. The average molecular weight is 370 g/mol. The van der Waals surface area contributed by atoms with Gasteiger partial charge in [0.1, 0.15) is 11.4 Å². The molecule has 146 valence electrons. The summed E-state index contributed by atoms with van der Waals surface area (Å²) in [5.41, 5.74) is 2.20. The molecule has 1 fully saturated rings. The number of aromatic nitrogens is 2. The molecular formula is C21H30N4O2. The van der Waals surface area contributed by atoms with E-state index in [0.29, 0.717) is 18.8 Å². The van der Waals surface area contributed by atoms with Gasteiger partial charge in [0.25, 0.3) is 5.91 Å². The summed E-state index contributed by atoms with van der Waals surface area (Å²) in [6, 6.07) is 9.51. The van der Waals surface area contributed by atoms with Gasteiger partial charge in [0.2, 0.25) is 0 Å². The molecule has 6 heteroatoms. The fourth-order valence-electron chi connectivity index (χ4n) is 3.56. The molecule has 1 aliphatic heterocycles. The lowest BCUT2D eigenvalue weighted by atomic mass is 10.0. The van der Waals surface area contributed by atoms with Gasteiger partial charge in [-0.3, -0.25) is 9.89 Å². The van der Waals surface area contributed by atoms with Crippen molar-refractivity contribution in [3.05, 3.63) is 36.0 Å². The maximum absolute atomic E-state index is 12.3. The molecule has 27 heavy (non-hydrogen) atoms. The van der Waals surface area contributed by atoms with Crippen LogP contribution in [-0.4, -0.2) is 53.8 Å². The number of aromatic amines is 1. The van der Waals surface area contributed by atoms with E-state index in [1.54, 1.807) is 6.07 Å². The molecule has 0 aliphatic carbocycles. The van der Waals surface area contributed by atoms with Gasteiger partial charge in [-0.25, -0.2) is 0 Å². The van der Waals surface area contributed by atoms with Crippen molar-refractivity contribution in [2.75, 3.05) is 32.8 Å². The fraction of sp³-hybridized carbons (Fsp3) is 0.524. The van der Waals surface area contributed by atoms with E-state index in [1.807, 2.05) is 31.2 Å². The predicted molar refractivity (Wildman–Crippen MR) is 107 cm³/mol. The molecule has 1 amide bonds. The highest BCUT2D eigenvalue weighted by Gasteiger charge is 2.16. The van der Waals surface area contributed by atoms with E-state index in [9.17, 15) is 4.79 Å². The van der Waals surface area contributed by atoms with Gasteiger partial charge in [-0.15, -0.1) is 0 Å². The number of rotatable bonds is 8. The van der Waals surface area contributed by atoms with Gasteiger partial charge in [0.05, 0.1) is 12.3 Å². The van der Waals surface area contributed by atoms with Gasteiger partial charge in [-0.05, 0) is 75.5 Å². The van der Waals surface area contributed by atoms with Crippen molar-refractivity contribution in [3.8, 4) is 17.0 Å². The zero-order chi connectivity index (χ0) is 19.1. The number of nitrogens with zero attached hydrogens (tertiary/aromatic N) is 2. The van der Waals surface area contributed by atoms with Gasteiger partial charge < -0.3 is 15.0 Å². The Bertz CT molecular complexity index is 726. The summed E-state index contributed by atoms with van der Waals surface area (Å²) < 4.78 is 5.45. The Kier molecular flexibility index (Phi) is 6.87. The molecule has 1 unspecified atom stereocenters. The number of H-pyrrole nitrogens is 1. The molecule has 0 bridgehead atoms. The Morgan fingerprint density at radius 2 is 2.19 bits per heavy atom. The number of hydrogen-bond donors (Lipinski definition) is 2. The van der Waals surface area contributed by atoms with Gasteiger partial charge >= 0.3 is 0 Å². The van der Waals surface area contributed by atoms with Crippen LogP contribution in [0.4, 0.5) is 0 Å². The maximum atomic E-state index is 12.3. The minimum absolute atomic E-state index is 0.105. The number of ether oxygens (including phenoxy) is 1. The third-order valence-electron chi connectivity index (χ3n) is 4.96. The van der Waals surface area contributed by atoms with Gasteiger partial charge in [0.15, 0.2) is 0 Å². The number of carbonyl (C=O) groups is 1. The third-order valence-corrected chi connectivity index (χ3v) is 4.96. The van der Waals surface area contributed by atoms with Crippen molar-refractivity contribution in [1.82, 2.24) is 20.4 Å². The number of piperidine rings is 1. The molecule has 0 spiro atoms. The number of carbonyl (C=O) groups excluding carboxylic acids is 1. The van der Waals surface area contributed by atoms with Crippen LogP contribution in [0.15, 0.2) is 30.3 Å². The minimum Gasteiger partial charge on any atom is -0.494 e. The lowest BCUT2D eigenvalue weighted by Gasteiger charge is -2.30. The molecule has 2 aromatic rings. The minimum atomic E-state index is -0.105. The molecule has 3 rings (SSSR count). The van der Waals surface area contributed by atoms with E-state index in [0.717, 1.165) is 35.9 Å². The largest absolute Gasteiger partial charge is 0.494 e. The molecule has 1 aliphatic rings. The third kappa shape index (κ3) is 5.57. The molecule has 1 aromatic heterocycles. The van der Waals surface area contributed by atoms with E-state index in [4.69, 9.17) is 4.74 Å². The van der Waals surface area contributed by atoms with E-state index in [2.05, 4.69) is 27.3 Å². The maximum Gasteiger partial charge on any atom is 0.269 e. The Balaban J connectivity index is 1.45. The van der Waals surface area contributed by atoms with Gasteiger partial charge in [0, 0.05) is 18.7 Å². The zero-order valence-electron chi connectivity index (χ0n) is 16.3. The van der Waals surface area contributed by atoms with Crippen LogP contribution in [0.1, 0.15) is 43.6 Å². The quantitative estimate of drug-likeness (QED) is 0.699. The molecular weight excluding hydrogens is 340 g/mol. The predicted octanol–water partition coefficient (Wildman–Crippen LogP) is 3.33. The van der Waals surface area contributed by atoms with Crippen molar-refractivity contribution in [1.29, 1.82) is 0 Å². The summed E-state index contributed by atoms with van der Waals surface area (Å²) >= 11 is 0. The molecule has 1 aromatic carbocycles. The van der Waals surface area contributed by atoms with Crippen LogP contribution in [0.25, 0.3) is 11.3 Å². The first-order chi connectivity index (χ1) is 13.2. The first-order valence-corrected chi connectivity index (χ1v) is 9.95. The summed E-state index contributed by atoms with van der Waals surface area (Å²) in [6.45, 7) is 9.01. The van der Waals surface area contributed by atoms with Gasteiger partial charge in [-0.1, -0.05) is 6.92 Å². The fourth-order valence-corrected chi connectivity index (χ4v) is 3.56. The molecule has 1 atom stereocenters. The van der Waals surface area contributed by atoms with Crippen LogP contribution in [0.2, 0.25) is 0 Å². The van der Waals surface area contributed by atoms with E-state index in [1.165, 1.54) is 25.9 Å². The normalized spacial score (nSPS) is 17.6.